The smallest absolute Gasteiger partial charge is 0.333 e. The molecule has 31 heavy (non-hydrogen) atoms. The molecule has 0 saturated carbocycles. The van der Waals surface area contributed by atoms with Crippen LogP contribution in [-0.4, -0.2) is 11.8 Å². The van der Waals surface area contributed by atoms with Crippen molar-refractivity contribution >= 4 is 23.2 Å². The Balaban J connectivity index is 0.000000196. The van der Waals surface area contributed by atoms with Crippen LogP contribution in [0.25, 0.3) is 0 Å². The second-order valence-electron chi connectivity index (χ2n) is 7.69. The number of nitrogens with one attached hydrogen (secondary N) is 3. The second-order valence-corrected chi connectivity index (χ2v) is 7.69. The van der Waals surface area contributed by atoms with Gasteiger partial charge in [0.1, 0.15) is 0 Å². The SMILES string of the molecule is Cc1ccc(C2CC(=O)c3ccccc3N2)c(C)c1.Cc1ccc(NC(=O)NN)cc1. The summed E-state index contributed by atoms with van der Waals surface area (Å²) in [7, 11) is 0. The quantitative estimate of drug-likeness (QED) is 0.267. The lowest BCUT2D eigenvalue weighted by Gasteiger charge is -2.27. The highest BCUT2D eigenvalue weighted by molar-refractivity contribution is 6.03. The molecule has 0 bridgehead atoms. The highest BCUT2D eigenvalue weighted by Gasteiger charge is 2.25. The predicted octanol–water partition coefficient (Wildman–Crippen LogP) is 5.03. The zero-order valence-corrected chi connectivity index (χ0v) is 18.0. The van der Waals surface area contributed by atoms with Gasteiger partial charge in [0.05, 0.1) is 6.04 Å². The van der Waals surface area contributed by atoms with E-state index in [1.165, 1.54) is 16.7 Å². The van der Waals surface area contributed by atoms with Gasteiger partial charge in [-0.2, -0.15) is 0 Å². The van der Waals surface area contributed by atoms with Gasteiger partial charge < -0.3 is 10.6 Å². The molecule has 0 spiro atoms. The number of aryl methyl sites for hydroxylation is 3. The summed E-state index contributed by atoms with van der Waals surface area (Å²) in [4.78, 5) is 22.9. The van der Waals surface area contributed by atoms with E-state index in [0.29, 0.717) is 6.42 Å². The molecule has 3 aromatic carbocycles. The maximum Gasteiger partial charge on any atom is 0.333 e. The summed E-state index contributed by atoms with van der Waals surface area (Å²) in [5.41, 5.74) is 9.32. The molecule has 1 aliphatic rings. The Morgan fingerprint density at radius 1 is 0.968 bits per heavy atom. The van der Waals surface area contributed by atoms with Crippen LogP contribution < -0.4 is 21.9 Å². The topological polar surface area (TPSA) is 96.2 Å². The molecule has 160 valence electrons. The van der Waals surface area contributed by atoms with E-state index in [-0.39, 0.29) is 11.8 Å². The molecule has 1 aliphatic heterocycles. The van der Waals surface area contributed by atoms with E-state index in [2.05, 4.69) is 42.7 Å². The molecule has 6 nitrogen and oxygen atoms in total. The van der Waals surface area contributed by atoms with E-state index in [1.807, 2.05) is 60.9 Å². The van der Waals surface area contributed by atoms with Crippen LogP contribution in [0.4, 0.5) is 16.2 Å². The number of hydrogen-bond acceptors (Lipinski definition) is 4. The molecule has 4 rings (SSSR count). The van der Waals surface area contributed by atoms with Crippen LogP contribution >= 0.6 is 0 Å². The van der Waals surface area contributed by atoms with Crippen molar-refractivity contribution in [1.29, 1.82) is 0 Å². The van der Waals surface area contributed by atoms with Crippen LogP contribution in [0.1, 0.15) is 45.1 Å². The van der Waals surface area contributed by atoms with E-state index >= 15 is 0 Å². The number of para-hydroxylation sites is 1. The van der Waals surface area contributed by atoms with Gasteiger partial charge in [-0.25, -0.2) is 10.6 Å². The standard InChI is InChI=1S/C17H17NO.C8H11N3O/c1-11-7-8-13(12(2)9-11)16-10-17(19)14-5-3-4-6-15(14)18-16;1-6-2-4-7(5-3-6)10-8(12)11-9/h3-9,16,18H,10H2,1-2H3;2-5H,9H2,1H3,(H2,10,11,12). The third kappa shape index (κ3) is 5.71. The second kappa shape index (κ2) is 9.91. The molecule has 0 aromatic heterocycles. The summed E-state index contributed by atoms with van der Waals surface area (Å²) in [6.07, 6.45) is 0.529. The number of carbonyl (C=O) groups excluding carboxylic acids is 2. The Labute approximate surface area is 182 Å². The van der Waals surface area contributed by atoms with E-state index in [4.69, 9.17) is 5.84 Å². The van der Waals surface area contributed by atoms with Crippen molar-refractivity contribution in [2.75, 3.05) is 10.6 Å². The molecule has 3 aromatic rings. The number of rotatable bonds is 2. The minimum atomic E-state index is -0.418. The van der Waals surface area contributed by atoms with Gasteiger partial charge in [0.15, 0.2) is 5.78 Å². The van der Waals surface area contributed by atoms with Gasteiger partial charge in [-0.1, -0.05) is 53.6 Å². The van der Waals surface area contributed by atoms with Crippen molar-refractivity contribution in [2.24, 2.45) is 5.84 Å². The van der Waals surface area contributed by atoms with Crippen molar-refractivity contribution in [2.45, 2.75) is 33.2 Å². The maximum atomic E-state index is 12.2. The molecule has 5 N–H and O–H groups in total. The van der Waals surface area contributed by atoms with Gasteiger partial charge in [-0.05, 0) is 56.2 Å². The number of anilines is 2. The molecule has 0 radical (unpaired) electrons. The third-order valence-corrected chi connectivity index (χ3v) is 5.19. The lowest BCUT2D eigenvalue weighted by molar-refractivity contribution is 0.0972. The fraction of sp³-hybridized carbons (Fsp3) is 0.200. The maximum absolute atomic E-state index is 12.2. The van der Waals surface area contributed by atoms with E-state index in [9.17, 15) is 9.59 Å². The Morgan fingerprint density at radius 3 is 2.32 bits per heavy atom. The molecule has 6 heteroatoms. The first-order valence-corrected chi connectivity index (χ1v) is 10.2. The number of hydrogen-bond donors (Lipinski definition) is 4. The van der Waals surface area contributed by atoms with Gasteiger partial charge in [0.2, 0.25) is 0 Å². The lowest BCUT2D eigenvalue weighted by Crippen LogP contribution is -2.34. The molecular formula is C25H28N4O2. The first-order chi connectivity index (χ1) is 14.9. The molecule has 1 atom stereocenters. The average Bonchev–Trinajstić information content (AvgIpc) is 2.76. The van der Waals surface area contributed by atoms with Crippen LogP contribution in [-0.2, 0) is 0 Å². The molecule has 0 saturated heterocycles. The van der Waals surface area contributed by atoms with Crippen LogP contribution in [0.15, 0.2) is 66.7 Å². The van der Waals surface area contributed by atoms with Gasteiger partial charge in [0, 0.05) is 23.4 Å². The highest BCUT2D eigenvalue weighted by atomic mass is 16.2. The predicted molar refractivity (Wildman–Crippen MR) is 125 cm³/mol. The summed E-state index contributed by atoms with van der Waals surface area (Å²) in [6.45, 7) is 6.17. The van der Waals surface area contributed by atoms with E-state index < -0.39 is 6.03 Å². The Bertz CT molecular complexity index is 1080. The summed E-state index contributed by atoms with van der Waals surface area (Å²) in [5.74, 6) is 5.11. The number of nitrogens with two attached hydrogens (primary N) is 1. The summed E-state index contributed by atoms with van der Waals surface area (Å²) < 4.78 is 0. The van der Waals surface area contributed by atoms with Crippen LogP contribution in [0.3, 0.4) is 0 Å². The van der Waals surface area contributed by atoms with Crippen molar-refractivity contribution in [3.63, 3.8) is 0 Å². The number of fused-ring (bicyclic) bond motifs is 1. The van der Waals surface area contributed by atoms with Gasteiger partial charge in [-0.15, -0.1) is 0 Å². The van der Waals surface area contributed by atoms with Gasteiger partial charge in [0.25, 0.3) is 0 Å². The zero-order valence-electron chi connectivity index (χ0n) is 18.0. The largest absolute Gasteiger partial charge is 0.377 e. The highest BCUT2D eigenvalue weighted by Crippen LogP contribution is 2.33. The Morgan fingerprint density at radius 2 is 1.65 bits per heavy atom. The number of urea groups is 1. The Kier molecular flexibility index (Phi) is 7.05. The number of ketones is 1. The summed E-state index contributed by atoms with van der Waals surface area (Å²) >= 11 is 0. The van der Waals surface area contributed by atoms with E-state index in [0.717, 1.165) is 22.5 Å². The molecule has 1 heterocycles. The zero-order chi connectivity index (χ0) is 22.4. The molecule has 0 aliphatic carbocycles. The number of carbonyl (C=O) groups is 2. The molecular weight excluding hydrogens is 388 g/mol. The number of Topliss-reactive ketones (excluding diaryl/α,β-unsaturated/α-hetero) is 1. The normalized spacial score (nSPS) is 14.5. The van der Waals surface area contributed by atoms with Crippen molar-refractivity contribution < 1.29 is 9.59 Å². The van der Waals surface area contributed by atoms with Crippen molar-refractivity contribution in [3.05, 3.63) is 94.5 Å². The molecule has 1 unspecified atom stereocenters. The fourth-order valence-corrected chi connectivity index (χ4v) is 3.59. The summed E-state index contributed by atoms with van der Waals surface area (Å²) in [5, 5.41) is 6.03. The van der Waals surface area contributed by atoms with Crippen LogP contribution in [0, 0.1) is 20.8 Å². The van der Waals surface area contributed by atoms with Gasteiger partial charge >= 0.3 is 6.03 Å². The monoisotopic (exact) mass is 416 g/mol. The number of hydrazine groups is 1. The Hall–Kier alpha value is -3.64. The lowest BCUT2D eigenvalue weighted by atomic mass is 9.90. The molecule has 0 fully saturated rings. The van der Waals surface area contributed by atoms with Crippen LogP contribution in [0.2, 0.25) is 0 Å². The van der Waals surface area contributed by atoms with Crippen LogP contribution in [0.5, 0.6) is 0 Å². The van der Waals surface area contributed by atoms with E-state index in [1.54, 1.807) is 0 Å². The number of benzene rings is 3. The average molecular weight is 417 g/mol. The third-order valence-electron chi connectivity index (χ3n) is 5.19. The first kappa shape index (κ1) is 22.1. The summed E-state index contributed by atoms with van der Waals surface area (Å²) in [6, 6.07) is 21.3. The number of amides is 2. The first-order valence-electron chi connectivity index (χ1n) is 10.2. The minimum absolute atomic E-state index is 0.0861. The molecule has 2 amide bonds. The van der Waals surface area contributed by atoms with Crippen molar-refractivity contribution in [1.82, 2.24) is 5.43 Å². The minimum Gasteiger partial charge on any atom is -0.377 e. The fourth-order valence-electron chi connectivity index (χ4n) is 3.59. The van der Waals surface area contributed by atoms with Crippen molar-refractivity contribution in [3.8, 4) is 0 Å². The van der Waals surface area contributed by atoms with Gasteiger partial charge in [-0.3, -0.25) is 10.2 Å².